The first kappa shape index (κ1) is 19.0. The number of nitrogens with zero attached hydrogens (tertiary/aromatic N) is 4. The van der Waals surface area contributed by atoms with Crippen LogP contribution in [0, 0.1) is 13.8 Å². The first-order valence-electron chi connectivity index (χ1n) is 9.30. The second-order valence-electron chi connectivity index (χ2n) is 6.73. The molecule has 0 aliphatic carbocycles. The number of aryl methyl sites for hydroxylation is 1. The number of hydrogen-bond acceptors (Lipinski definition) is 5. The molecule has 3 heterocycles. The Bertz CT molecular complexity index is 1120. The lowest BCUT2D eigenvalue weighted by Crippen LogP contribution is -2.16. The molecule has 5 nitrogen and oxygen atoms in total. The van der Waals surface area contributed by atoms with Crippen molar-refractivity contribution >= 4 is 17.4 Å². The fraction of sp³-hybridized carbons (Fsp3) is 0.130. The van der Waals surface area contributed by atoms with E-state index in [1.54, 1.807) is 18.6 Å². The number of pyridine rings is 2. The van der Waals surface area contributed by atoms with Gasteiger partial charge in [0.25, 0.3) is 0 Å². The Kier molecular flexibility index (Phi) is 5.49. The number of hydrogen-bond donors (Lipinski definition) is 1. The molecule has 1 atom stereocenters. The molecule has 3 aromatic heterocycles. The van der Waals surface area contributed by atoms with Gasteiger partial charge < -0.3 is 5.32 Å². The fourth-order valence-corrected chi connectivity index (χ4v) is 3.30. The molecular formula is C23H20ClN5. The highest BCUT2D eigenvalue weighted by molar-refractivity contribution is 6.30. The van der Waals surface area contributed by atoms with Crippen LogP contribution < -0.4 is 5.32 Å². The Morgan fingerprint density at radius 1 is 0.897 bits per heavy atom. The van der Waals surface area contributed by atoms with Crippen LogP contribution in [0.2, 0.25) is 5.02 Å². The summed E-state index contributed by atoms with van der Waals surface area (Å²) in [6.45, 7) is 4.00. The Balaban J connectivity index is 1.79. The van der Waals surface area contributed by atoms with Crippen LogP contribution >= 0.6 is 11.6 Å². The monoisotopic (exact) mass is 401 g/mol. The second kappa shape index (κ2) is 8.37. The van der Waals surface area contributed by atoms with Gasteiger partial charge in [0.1, 0.15) is 5.82 Å². The minimum atomic E-state index is -0.201. The van der Waals surface area contributed by atoms with E-state index in [1.807, 2.05) is 68.4 Å². The van der Waals surface area contributed by atoms with Crippen LogP contribution in [0.3, 0.4) is 0 Å². The van der Waals surface area contributed by atoms with Crippen molar-refractivity contribution in [1.29, 1.82) is 0 Å². The number of rotatable bonds is 5. The molecule has 0 spiro atoms. The van der Waals surface area contributed by atoms with Crippen molar-refractivity contribution in [1.82, 2.24) is 19.9 Å². The second-order valence-corrected chi connectivity index (χ2v) is 7.17. The van der Waals surface area contributed by atoms with Gasteiger partial charge in [0, 0.05) is 40.4 Å². The molecule has 0 amide bonds. The maximum atomic E-state index is 6.26. The Morgan fingerprint density at radius 3 is 2.45 bits per heavy atom. The minimum absolute atomic E-state index is 0.201. The molecule has 4 aromatic rings. The molecule has 0 radical (unpaired) electrons. The van der Waals surface area contributed by atoms with Gasteiger partial charge in [-0.15, -0.1) is 0 Å². The van der Waals surface area contributed by atoms with E-state index in [0.29, 0.717) is 10.8 Å². The zero-order valence-electron chi connectivity index (χ0n) is 16.2. The van der Waals surface area contributed by atoms with Crippen molar-refractivity contribution in [3.05, 3.63) is 101 Å². The predicted molar refractivity (Wildman–Crippen MR) is 116 cm³/mol. The third-order valence-electron chi connectivity index (χ3n) is 4.77. The van der Waals surface area contributed by atoms with Gasteiger partial charge in [0.15, 0.2) is 5.82 Å². The van der Waals surface area contributed by atoms with Crippen LogP contribution in [0.25, 0.3) is 11.4 Å². The molecule has 0 aliphatic rings. The molecule has 0 fully saturated rings. The minimum Gasteiger partial charge on any atom is -0.357 e. The molecule has 0 aliphatic heterocycles. The molecule has 0 saturated heterocycles. The zero-order chi connectivity index (χ0) is 20.2. The molecule has 1 N–H and O–H groups in total. The third kappa shape index (κ3) is 4.25. The molecule has 1 unspecified atom stereocenters. The van der Waals surface area contributed by atoms with Crippen molar-refractivity contribution in [2.75, 3.05) is 5.32 Å². The normalized spacial score (nSPS) is 11.8. The topological polar surface area (TPSA) is 63.6 Å². The molecule has 144 valence electrons. The lowest BCUT2D eigenvalue weighted by molar-refractivity contribution is 0.870. The van der Waals surface area contributed by atoms with Gasteiger partial charge >= 0.3 is 0 Å². The largest absolute Gasteiger partial charge is 0.357 e. The molecule has 29 heavy (non-hydrogen) atoms. The highest BCUT2D eigenvalue weighted by atomic mass is 35.5. The standard InChI is InChI=1S/C23H20ClN5/c1-15-16(2)27-23(17-9-12-25-13-10-17)29-22(15)28-21(20-8-3-4-11-26-20)18-6-5-7-19(24)14-18/h3-14,21H,1-2H3,(H,27,28,29). The molecule has 6 heteroatoms. The summed E-state index contributed by atoms with van der Waals surface area (Å²) in [5, 5.41) is 4.25. The highest BCUT2D eigenvalue weighted by Gasteiger charge is 2.19. The summed E-state index contributed by atoms with van der Waals surface area (Å²) in [5.74, 6) is 1.42. The van der Waals surface area contributed by atoms with Crippen molar-refractivity contribution in [3.63, 3.8) is 0 Å². The summed E-state index contributed by atoms with van der Waals surface area (Å²) >= 11 is 6.26. The lowest BCUT2D eigenvalue weighted by atomic mass is 10.0. The molecule has 0 bridgehead atoms. The summed E-state index contributed by atoms with van der Waals surface area (Å²) < 4.78 is 0. The van der Waals surface area contributed by atoms with Gasteiger partial charge in [0.05, 0.1) is 11.7 Å². The number of anilines is 1. The van der Waals surface area contributed by atoms with E-state index in [-0.39, 0.29) is 6.04 Å². The van der Waals surface area contributed by atoms with Crippen molar-refractivity contribution in [2.45, 2.75) is 19.9 Å². The summed E-state index contributed by atoms with van der Waals surface area (Å²) in [6, 6.07) is 17.3. The van der Waals surface area contributed by atoms with Crippen LogP contribution in [0.5, 0.6) is 0 Å². The van der Waals surface area contributed by atoms with Crippen LogP contribution in [0.15, 0.2) is 73.2 Å². The first-order valence-corrected chi connectivity index (χ1v) is 9.68. The van der Waals surface area contributed by atoms with E-state index in [0.717, 1.165) is 33.9 Å². The van der Waals surface area contributed by atoms with E-state index >= 15 is 0 Å². The van der Waals surface area contributed by atoms with E-state index in [2.05, 4.69) is 20.3 Å². The van der Waals surface area contributed by atoms with Crippen LogP contribution in [0.1, 0.15) is 28.6 Å². The lowest BCUT2D eigenvalue weighted by Gasteiger charge is -2.22. The van der Waals surface area contributed by atoms with Crippen molar-refractivity contribution in [2.24, 2.45) is 0 Å². The molecule has 1 aromatic carbocycles. The number of halogens is 1. The maximum Gasteiger partial charge on any atom is 0.161 e. The van der Waals surface area contributed by atoms with E-state index < -0.39 is 0 Å². The summed E-state index contributed by atoms with van der Waals surface area (Å²) in [7, 11) is 0. The van der Waals surface area contributed by atoms with Gasteiger partial charge in [-0.2, -0.15) is 0 Å². The summed E-state index contributed by atoms with van der Waals surface area (Å²) in [4.78, 5) is 18.1. The van der Waals surface area contributed by atoms with Gasteiger partial charge in [-0.25, -0.2) is 9.97 Å². The predicted octanol–water partition coefficient (Wildman–Crippen LogP) is 5.41. The summed E-state index contributed by atoms with van der Waals surface area (Å²) in [6.07, 6.45) is 5.27. The maximum absolute atomic E-state index is 6.26. The van der Waals surface area contributed by atoms with E-state index in [1.165, 1.54) is 0 Å². The quantitative estimate of drug-likeness (QED) is 0.484. The molecule has 0 saturated carbocycles. The van der Waals surface area contributed by atoms with Crippen LogP contribution in [-0.2, 0) is 0 Å². The average molecular weight is 402 g/mol. The van der Waals surface area contributed by atoms with Gasteiger partial charge in [-0.05, 0) is 55.8 Å². The van der Waals surface area contributed by atoms with Gasteiger partial charge in [-0.1, -0.05) is 29.8 Å². The van der Waals surface area contributed by atoms with E-state index in [4.69, 9.17) is 16.6 Å². The van der Waals surface area contributed by atoms with Gasteiger partial charge in [-0.3, -0.25) is 9.97 Å². The fourth-order valence-electron chi connectivity index (χ4n) is 3.10. The first-order chi connectivity index (χ1) is 14.1. The number of nitrogens with one attached hydrogen (secondary N) is 1. The Labute approximate surface area is 174 Å². The smallest absolute Gasteiger partial charge is 0.161 e. The van der Waals surface area contributed by atoms with Crippen molar-refractivity contribution in [3.8, 4) is 11.4 Å². The zero-order valence-corrected chi connectivity index (χ0v) is 16.9. The van der Waals surface area contributed by atoms with Crippen molar-refractivity contribution < 1.29 is 0 Å². The third-order valence-corrected chi connectivity index (χ3v) is 5.01. The average Bonchev–Trinajstić information content (AvgIpc) is 2.76. The Morgan fingerprint density at radius 2 is 1.72 bits per heavy atom. The summed E-state index contributed by atoms with van der Waals surface area (Å²) in [5.41, 5.74) is 4.72. The van der Waals surface area contributed by atoms with E-state index in [9.17, 15) is 0 Å². The van der Waals surface area contributed by atoms with Crippen LogP contribution in [-0.4, -0.2) is 19.9 Å². The number of aromatic nitrogens is 4. The SMILES string of the molecule is Cc1nc(-c2ccncc2)nc(NC(c2cccc(Cl)c2)c2ccccn2)c1C. The highest BCUT2D eigenvalue weighted by Crippen LogP contribution is 2.29. The Hall–Kier alpha value is -3.31. The van der Waals surface area contributed by atoms with Crippen LogP contribution in [0.4, 0.5) is 5.82 Å². The molecule has 4 rings (SSSR count). The van der Waals surface area contributed by atoms with Gasteiger partial charge in [0.2, 0.25) is 0 Å². The number of benzene rings is 1. The molecular weight excluding hydrogens is 382 g/mol.